The normalized spacial score (nSPS) is 15.1. The van der Waals surface area contributed by atoms with Crippen molar-refractivity contribution < 1.29 is 4.74 Å². The maximum Gasteiger partial charge on any atom is 0.117 e. The van der Waals surface area contributed by atoms with Crippen LogP contribution in [0.4, 0.5) is 0 Å². The second-order valence-electron chi connectivity index (χ2n) is 3.14. The van der Waals surface area contributed by atoms with E-state index in [1.54, 1.807) is 0 Å². The van der Waals surface area contributed by atoms with E-state index in [0.717, 1.165) is 17.9 Å². The summed E-state index contributed by atoms with van der Waals surface area (Å²) >= 11 is 0. The van der Waals surface area contributed by atoms with Crippen molar-refractivity contribution in [1.82, 2.24) is 0 Å². The molecule has 0 saturated heterocycles. The molecule has 0 aliphatic carbocycles. The number of hydrogen-bond acceptors (Lipinski definition) is 3. The van der Waals surface area contributed by atoms with Crippen molar-refractivity contribution in [2.45, 2.75) is 33.3 Å². The quantitative estimate of drug-likeness (QED) is 0.402. The molecule has 0 aromatic heterocycles. The SMILES string of the molecule is C=N/C(C)=C\C(=C/C)OC(C)CCN. The van der Waals surface area contributed by atoms with Gasteiger partial charge in [-0.05, 0) is 46.5 Å². The van der Waals surface area contributed by atoms with Crippen LogP contribution in [-0.2, 0) is 4.74 Å². The Morgan fingerprint density at radius 2 is 2.29 bits per heavy atom. The molecule has 0 rings (SSSR count). The van der Waals surface area contributed by atoms with Crippen molar-refractivity contribution in [2.24, 2.45) is 10.7 Å². The summed E-state index contributed by atoms with van der Waals surface area (Å²) in [5.41, 5.74) is 6.28. The highest BCUT2D eigenvalue weighted by Gasteiger charge is 2.02. The van der Waals surface area contributed by atoms with Gasteiger partial charge in [0.05, 0.1) is 6.10 Å². The summed E-state index contributed by atoms with van der Waals surface area (Å²) in [7, 11) is 0. The zero-order valence-electron chi connectivity index (χ0n) is 9.29. The van der Waals surface area contributed by atoms with Crippen LogP contribution in [0.15, 0.2) is 28.6 Å². The van der Waals surface area contributed by atoms with Gasteiger partial charge in [-0.2, -0.15) is 0 Å². The lowest BCUT2D eigenvalue weighted by Gasteiger charge is -2.14. The van der Waals surface area contributed by atoms with Crippen LogP contribution in [0, 0.1) is 0 Å². The maximum atomic E-state index is 5.63. The van der Waals surface area contributed by atoms with E-state index in [1.807, 2.05) is 32.9 Å². The Morgan fingerprint density at radius 1 is 1.64 bits per heavy atom. The Labute approximate surface area is 86.4 Å². The van der Waals surface area contributed by atoms with Crippen molar-refractivity contribution >= 4 is 6.72 Å². The van der Waals surface area contributed by atoms with E-state index < -0.39 is 0 Å². The molecule has 0 amide bonds. The molecule has 0 saturated carbocycles. The zero-order chi connectivity index (χ0) is 11.0. The van der Waals surface area contributed by atoms with Crippen molar-refractivity contribution in [3.8, 4) is 0 Å². The molecule has 14 heavy (non-hydrogen) atoms. The van der Waals surface area contributed by atoms with Gasteiger partial charge in [-0.25, -0.2) is 0 Å². The van der Waals surface area contributed by atoms with Crippen LogP contribution in [0.3, 0.4) is 0 Å². The molecule has 1 unspecified atom stereocenters. The second-order valence-corrected chi connectivity index (χ2v) is 3.14. The average Bonchev–Trinajstić information content (AvgIpc) is 2.16. The Hall–Kier alpha value is -1.09. The molecular formula is C11H20N2O. The van der Waals surface area contributed by atoms with Crippen LogP contribution in [0.1, 0.15) is 27.2 Å². The fraction of sp³-hybridized carbons (Fsp3) is 0.545. The Bertz CT molecular complexity index is 231. The van der Waals surface area contributed by atoms with E-state index in [1.165, 1.54) is 0 Å². The molecule has 0 aromatic carbocycles. The zero-order valence-corrected chi connectivity index (χ0v) is 9.29. The molecule has 0 heterocycles. The van der Waals surface area contributed by atoms with E-state index in [4.69, 9.17) is 10.5 Å². The third kappa shape index (κ3) is 5.54. The molecule has 0 fully saturated rings. The number of aliphatic imine (C=N–C) groups is 1. The fourth-order valence-electron chi connectivity index (χ4n) is 0.963. The average molecular weight is 196 g/mol. The molecular weight excluding hydrogens is 176 g/mol. The first-order chi connectivity index (χ1) is 6.63. The minimum atomic E-state index is 0.139. The molecule has 0 radical (unpaired) electrons. The number of ether oxygens (including phenoxy) is 1. The van der Waals surface area contributed by atoms with Crippen LogP contribution in [-0.4, -0.2) is 19.4 Å². The van der Waals surface area contributed by atoms with Crippen LogP contribution >= 0.6 is 0 Å². The van der Waals surface area contributed by atoms with Crippen molar-refractivity contribution in [1.29, 1.82) is 0 Å². The van der Waals surface area contributed by atoms with Gasteiger partial charge in [-0.1, -0.05) is 0 Å². The molecule has 0 bridgehead atoms. The molecule has 0 aromatic rings. The third-order valence-electron chi connectivity index (χ3n) is 1.80. The van der Waals surface area contributed by atoms with Crippen LogP contribution in [0.2, 0.25) is 0 Å². The highest BCUT2D eigenvalue weighted by Crippen LogP contribution is 2.09. The molecule has 2 N–H and O–H groups in total. The molecule has 80 valence electrons. The summed E-state index contributed by atoms with van der Waals surface area (Å²) in [5, 5.41) is 0. The van der Waals surface area contributed by atoms with Gasteiger partial charge >= 0.3 is 0 Å². The summed E-state index contributed by atoms with van der Waals surface area (Å²) in [6.07, 6.45) is 4.76. The van der Waals surface area contributed by atoms with Gasteiger partial charge in [0.1, 0.15) is 5.76 Å². The van der Waals surface area contributed by atoms with Gasteiger partial charge in [0.25, 0.3) is 0 Å². The van der Waals surface area contributed by atoms with Crippen molar-refractivity contribution in [2.75, 3.05) is 6.54 Å². The van der Waals surface area contributed by atoms with Gasteiger partial charge in [0.2, 0.25) is 0 Å². The Kier molecular flexibility index (Phi) is 6.76. The van der Waals surface area contributed by atoms with Gasteiger partial charge in [-0.3, -0.25) is 4.99 Å². The van der Waals surface area contributed by atoms with Gasteiger partial charge in [0.15, 0.2) is 0 Å². The number of nitrogens with two attached hydrogens (primary N) is 1. The van der Waals surface area contributed by atoms with Crippen LogP contribution in [0.5, 0.6) is 0 Å². The highest BCUT2D eigenvalue weighted by atomic mass is 16.5. The lowest BCUT2D eigenvalue weighted by molar-refractivity contribution is 0.135. The Balaban J connectivity index is 4.24. The fourth-order valence-corrected chi connectivity index (χ4v) is 0.963. The number of rotatable bonds is 6. The lowest BCUT2D eigenvalue weighted by Crippen LogP contribution is -2.13. The first-order valence-corrected chi connectivity index (χ1v) is 4.82. The third-order valence-corrected chi connectivity index (χ3v) is 1.80. The topological polar surface area (TPSA) is 47.6 Å². The molecule has 0 spiro atoms. The lowest BCUT2D eigenvalue weighted by atomic mass is 10.3. The first-order valence-electron chi connectivity index (χ1n) is 4.82. The molecule has 3 heteroatoms. The van der Waals surface area contributed by atoms with Gasteiger partial charge in [0, 0.05) is 11.8 Å². The Morgan fingerprint density at radius 3 is 2.71 bits per heavy atom. The summed E-state index contributed by atoms with van der Waals surface area (Å²) in [5.74, 6) is 0.816. The summed E-state index contributed by atoms with van der Waals surface area (Å²) in [6, 6.07) is 0. The smallest absolute Gasteiger partial charge is 0.117 e. The van der Waals surface area contributed by atoms with Crippen LogP contribution in [0.25, 0.3) is 0 Å². The summed E-state index contributed by atoms with van der Waals surface area (Å²) in [4.78, 5) is 3.80. The van der Waals surface area contributed by atoms with E-state index in [2.05, 4.69) is 11.7 Å². The van der Waals surface area contributed by atoms with Crippen molar-refractivity contribution in [3.05, 3.63) is 23.6 Å². The van der Waals surface area contributed by atoms with E-state index in [-0.39, 0.29) is 6.10 Å². The number of allylic oxidation sites excluding steroid dienone is 3. The predicted octanol–water partition coefficient (Wildman–Crippen LogP) is 2.25. The van der Waals surface area contributed by atoms with Crippen molar-refractivity contribution in [3.63, 3.8) is 0 Å². The minimum absolute atomic E-state index is 0.139. The first kappa shape index (κ1) is 12.9. The number of hydrogen-bond donors (Lipinski definition) is 1. The minimum Gasteiger partial charge on any atom is -0.491 e. The monoisotopic (exact) mass is 196 g/mol. The molecule has 0 aliphatic rings. The van der Waals surface area contributed by atoms with Crippen LogP contribution < -0.4 is 5.73 Å². The molecule has 0 aliphatic heterocycles. The molecule has 3 nitrogen and oxygen atoms in total. The van der Waals surface area contributed by atoms with Gasteiger partial charge < -0.3 is 10.5 Å². The largest absolute Gasteiger partial charge is 0.491 e. The van der Waals surface area contributed by atoms with E-state index >= 15 is 0 Å². The highest BCUT2D eigenvalue weighted by molar-refractivity contribution is 5.30. The second kappa shape index (κ2) is 7.33. The van der Waals surface area contributed by atoms with Gasteiger partial charge in [-0.15, -0.1) is 0 Å². The maximum absolute atomic E-state index is 5.63. The van der Waals surface area contributed by atoms with E-state index in [0.29, 0.717) is 6.54 Å². The summed E-state index contributed by atoms with van der Waals surface area (Å²) in [6.45, 7) is 9.89. The summed E-state index contributed by atoms with van der Waals surface area (Å²) < 4.78 is 5.63. The predicted molar refractivity (Wildman–Crippen MR) is 61.3 cm³/mol. The standard InChI is InChI=1S/C11H20N2O/c1-5-11(8-9(2)13-4)14-10(3)6-7-12/h5,8,10H,4,6-7,12H2,1-3H3/b9-8-,11-5+. The van der Waals surface area contributed by atoms with E-state index in [9.17, 15) is 0 Å². The molecule has 1 atom stereocenters. The number of nitrogens with zero attached hydrogens (tertiary/aromatic N) is 1.